The largest absolute Gasteiger partial charge is 0.829 e. The van der Waals surface area contributed by atoms with Crippen LogP contribution in [0.3, 0.4) is 0 Å². The molecule has 2 heterocycles. The molecule has 2 saturated heterocycles. The molecule has 0 aliphatic carbocycles. The maximum atomic E-state index is 13.1. The van der Waals surface area contributed by atoms with Crippen molar-refractivity contribution in [1.82, 2.24) is 4.90 Å². The van der Waals surface area contributed by atoms with Crippen molar-refractivity contribution in [2.45, 2.75) is 70.4 Å². The zero-order valence-corrected chi connectivity index (χ0v) is 18.6. The number of carbonyl (C=O) groups excluding carboxylic acids is 1. The van der Waals surface area contributed by atoms with E-state index < -0.39 is 36.9 Å². The van der Waals surface area contributed by atoms with Crippen LogP contribution in [-0.2, 0) is 30.3 Å². The molecular formula is C25H30NO6-. The first-order valence-electron chi connectivity index (χ1n) is 11.0. The summed E-state index contributed by atoms with van der Waals surface area (Å²) in [6.45, 7) is 5.73. The molecule has 1 unspecified atom stereocenters. The third kappa shape index (κ3) is 4.87. The van der Waals surface area contributed by atoms with Crippen molar-refractivity contribution in [2.75, 3.05) is 6.61 Å². The normalized spacial score (nSPS) is 30.0. The van der Waals surface area contributed by atoms with Gasteiger partial charge >= 0.3 is 0 Å². The second-order valence-corrected chi connectivity index (χ2v) is 8.49. The summed E-state index contributed by atoms with van der Waals surface area (Å²) in [7, 11) is 0. The Morgan fingerprint density at radius 3 is 2.38 bits per heavy atom. The van der Waals surface area contributed by atoms with Crippen LogP contribution in [0.5, 0.6) is 0 Å². The minimum absolute atomic E-state index is 0.193. The van der Waals surface area contributed by atoms with E-state index in [-0.39, 0.29) is 18.6 Å². The SMILES string of the molecule is CC(=O)N(C(C)C)[C@@H]1[C@H](OCc2ccccc2)[C@@H]2OC(c3ccccc3)OC[C@H]2O[C@H]1[O-]. The van der Waals surface area contributed by atoms with Gasteiger partial charge in [0.2, 0.25) is 5.91 Å². The molecule has 1 amide bonds. The number of ether oxygens (including phenoxy) is 4. The molecule has 0 N–H and O–H groups in total. The third-order valence-electron chi connectivity index (χ3n) is 5.91. The molecule has 2 aliphatic rings. The Bertz CT molecular complexity index is 877. The van der Waals surface area contributed by atoms with Gasteiger partial charge in [0.15, 0.2) is 6.29 Å². The summed E-state index contributed by atoms with van der Waals surface area (Å²) in [4.78, 5) is 14.1. The van der Waals surface area contributed by atoms with Gasteiger partial charge < -0.3 is 29.0 Å². The molecule has 2 aliphatic heterocycles. The van der Waals surface area contributed by atoms with Crippen LogP contribution in [0.4, 0.5) is 0 Å². The van der Waals surface area contributed by atoms with E-state index in [4.69, 9.17) is 18.9 Å². The maximum absolute atomic E-state index is 13.1. The molecule has 0 aromatic heterocycles. The van der Waals surface area contributed by atoms with Crippen molar-refractivity contribution < 1.29 is 28.8 Å². The van der Waals surface area contributed by atoms with Gasteiger partial charge in [-0.15, -0.1) is 0 Å². The molecule has 0 spiro atoms. The smallest absolute Gasteiger partial charge is 0.220 e. The van der Waals surface area contributed by atoms with Gasteiger partial charge in [0.05, 0.1) is 19.3 Å². The molecule has 0 radical (unpaired) electrons. The molecule has 7 heteroatoms. The first-order valence-corrected chi connectivity index (χ1v) is 11.0. The number of rotatable bonds is 6. The second-order valence-electron chi connectivity index (χ2n) is 8.49. The number of hydrogen-bond acceptors (Lipinski definition) is 6. The monoisotopic (exact) mass is 440 g/mol. The van der Waals surface area contributed by atoms with Gasteiger partial charge in [-0.3, -0.25) is 4.79 Å². The van der Waals surface area contributed by atoms with Crippen molar-refractivity contribution in [3.8, 4) is 0 Å². The van der Waals surface area contributed by atoms with Gasteiger partial charge in [-0.1, -0.05) is 60.7 Å². The first-order chi connectivity index (χ1) is 15.5. The summed E-state index contributed by atoms with van der Waals surface area (Å²) >= 11 is 0. The minimum atomic E-state index is -1.47. The molecule has 0 bridgehead atoms. The first kappa shape index (κ1) is 22.9. The van der Waals surface area contributed by atoms with Gasteiger partial charge in [0.25, 0.3) is 0 Å². The predicted octanol–water partition coefficient (Wildman–Crippen LogP) is 2.40. The second kappa shape index (κ2) is 10.1. The zero-order valence-electron chi connectivity index (χ0n) is 18.6. The van der Waals surface area contributed by atoms with E-state index in [0.717, 1.165) is 11.1 Å². The molecule has 2 aromatic carbocycles. The third-order valence-corrected chi connectivity index (χ3v) is 5.91. The molecule has 32 heavy (non-hydrogen) atoms. The van der Waals surface area contributed by atoms with Crippen LogP contribution in [0.1, 0.15) is 38.2 Å². The van der Waals surface area contributed by atoms with E-state index in [1.54, 1.807) is 4.90 Å². The van der Waals surface area contributed by atoms with Crippen molar-refractivity contribution in [3.05, 3.63) is 71.8 Å². The average Bonchev–Trinajstić information content (AvgIpc) is 2.79. The Hall–Kier alpha value is -2.29. The number of carbonyl (C=O) groups is 1. The van der Waals surface area contributed by atoms with Crippen LogP contribution >= 0.6 is 0 Å². The topological polar surface area (TPSA) is 80.3 Å². The average molecular weight is 441 g/mol. The Morgan fingerprint density at radius 2 is 1.75 bits per heavy atom. The van der Waals surface area contributed by atoms with Crippen LogP contribution in [0.15, 0.2) is 60.7 Å². The van der Waals surface area contributed by atoms with Crippen LogP contribution in [0.25, 0.3) is 0 Å². The minimum Gasteiger partial charge on any atom is -0.829 e. The van der Waals surface area contributed by atoms with Gasteiger partial charge in [-0.2, -0.15) is 0 Å². The van der Waals surface area contributed by atoms with Crippen molar-refractivity contribution in [3.63, 3.8) is 0 Å². The Kier molecular flexibility index (Phi) is 7.23. The molecule has 2 fully saturated rings. The van der Waals surface area contributed by atoms with E-state index in [9.17, 15) is 9.90 Å². The fraction of sp³-hybridized carbons (Fsp3) is 0.480. The van der Waals surface area contributed by atoms with Gasteiger partial charge in [0.1, 0.15) is 18.3 Å². The number of nitrogens with zero attached hydrogens (tertiary/aromatic N) is 1. The van der Waals surface area contributed by atoms with E-state index in [2.05, 4.69) is 0 Å². The van der Waals surface area contributed by atoms with Crippen LogP contribution in [0, 0.1) is 0 Å². The summed E-state index contributed by atoms with van der Waals surface area (Å²) in [6.07, 6.45) is -3.87. The summed E-state index contributed by atoms with van der Waals surface area (Å²) in [6, 6.07) is 18.3. The van der Waals surface area contributed by atoms with E-state index in [0.29, 0.717) is 6.61 Å². The highest BCUT2D eigenvalue weighted by Gasteiger charge is 2.50. The van der Waals surface area contributed by atoms with Crippen molar-refractivity contribution in [1.29, 1.82) is 0 Å². The quantitative estimate of drug-likeness (QED) is 0.686. The van der Waals surface area contributed by atoms with Crippen molar-refractivity contribution in [2.24, 2.45) is 0 Å². The molecule has 6 atom stereocenters. The van der Waals surface area contributed by atoms with Gasteiger partial charge in [-0.05, 0) is 19.4 Å². The summed E-state index contributed by atoms with van der Waals surface area (Å²) < 4.78 is 24.3. The molecule has 2 aromatic rings. The van der Waals surface area contributed by atoms with Crippen molar-refractivity contribution >= 4 is 5.91 Å². The predicted molar refractivity (Wildman–Crippen MR) is 115 cm³/mol. The highest BCUT2D eigenvalue weighted by molar-refractivity contribution is 5.74. The van der Waals surface area contributed by atoms with E-state index in [1.165, 1.54) is 6.92 Å². The number of hydrogen-bond donors (Lipinski definition) is 0. The Labute approximate surface area is 188 Å². The Balaban J connectivity index is 1.64. The van der Waals surface area contributed by atoms with Crippen LogP contribution in [0.2, 0.25) is 0 Å². The number of fused-ring (bicyclic) bond motifs is 1. The highest BCUT2D eigenvalue weighted by Crippen LogP contribution is 2.36. The summed E-state index contributed by atoms with van der Waals surface area (Å²) in [5.74, 6) is -0.201. The zero-order chi connectivity index (χ0) is 22.7. The van der Waals surface area contributed by atoms with E-state index >= 15 is 0 Å². The molecule has 172 valence electrons. The fourth-order valence-electron chi connectivity index (χ4n) is 4.51. The Morgan fingerprint density at radius 1 is 1.09 bits per heavy atom. The standard InChI is InChI=1S/C25H30NO6/c1-16(2)26(17(3)27)21-23(29-14-18-10-6-4-7-11-18)22-20(31-24(21)28)15-30-25(32-22)19-12-8-5-9-13-19/h4-13,16,20-25H,14-15H2,1-3H3/q-1/t20-,21-,22-,23+,24-,25?/m1/s1. The lowest BCUT2D eigenvalue weighted by Gasteiger charge is -2.55. The van der Waals surface area contributed by atoms with Gasteiger partial charge in [-0.25, -0.2) is 0 Å². The lowest BCUT2D eigenvalue weighted by molar-refractivity contribution is -0.533. The maximum Gasteiger partial charge on any atom is 0.220 e. The lowest BCUT2D eigenvalue weighted by atomic mass is 9.93. The number of benzene rings is 2. The highest BCUT2D eigenvalue weighted by atomic mass is 16.7. The molecule has 4 rings (SSSR count). The summed E-state index contributed by atoms with van der Waals surface area (Å²) in [5.41, 5.74) is 1.85. The molecule has 0 saturated carbocycles. The van der Waals surface area contributed by atoms with E-state index in [1.807, 2.05) is 74.5 Å². The van der Waals surface area contributed by atoms with Gasteiger partial charge in [0, 0.05) is 24.8 Å². The summed E-state index contributed by atoms with van der Waals surface area (Å²) in [5, 5.41) is 13.1. The van der Waals surface area contributed by atoms with Crippen LogP contribution in [-0.4, -0.2) is 54.1 Å². The van der Waals surface area contributed by atoms with Crippen LogP contribution < -0.4 is 5.11 Å². The fourth-order valence-corrected chi connectivity index (χ4v) is 4.51. The molecular weight excluding hydrogens is 410 g/mol. The lowest BCUT2D eigenvalue weighted by Crippen LogP contribution is -2.71. The molecule has 7 nitrogen and oxygen atoms in total. The number of amides is 1.